The number of hydrogen-bond acceptors (Lipinski definition) is 4. The highest BCUT2D eigenvalue weighted by atomic mass is 32.1. The molecule has 0 unspecified atom stereocenters. The Bertz CT molecular complexity index is 635. The molecule has 1 aliphatic rings. The molecule has 1 amide bonds. The summed E-state index contributed by atoms with van der Waals surface area (Å²) in [4.78, 5) is 18.0. The van der Waals surface area contributed by atoms with E-state index >= 15 is 0 Å². The lowest BCUT2D eigenvalue weighted by Gasteiger charge is -2.35. The average Bonchev–Trinajstić information content (AvgIpc) is 2.85. The number of benzene rings is 1. The van der Waals surface area contributed by atoms with Crippen LogP contribution in [0.3, 0.4) is 0 Å². The summed E-state index contributed by atoms with van der Waals surface area (Å²) in [6.07, 6.45) is 0.534. The highest BCUT2D eigenvalue weighted by Gasteiger charge is 2.28. The molecule has 1 N–H and O–H groups in total. The Morgan fingerprint density at radius 1 is 1.38 bits per heavy atom. The zero-order valence-electron chi connectivity index (χ0n) is 11.3. The lowest BCUT2D eigenvalue weighted by Crippen LogP contribution is -2.53. The van der Waals surface area contributed by atoms with Crippen molar-refractivity contribution in [2.45, 2.75) is 18.9 Å². The maximum Gasteiger partial charge on any atom is 0.228 e. The summed E-state index contributed by atoms with van der Waals surface area (Å²) in [5.41, 5.74) is 1.75. The number of aromatic nitrogens is 1. The Morgan fingerprint density at radius 3 is 2.76 bits per heavy atom. The van der Waals surface area contributed by atoms with E-state index in [9.17, 15) is 14.3 Å². The van der Waals surface area contributed by atoms with Crippen LogP contribution in [0.4, 0.5) is 4.39 Å². The van der Waals surface area contributed by atoms with E-state index in [1.165, 1.54) is 23.5 Å². The number of nitrogens with zero attached hydrogens (tertiary/aromatic N) is 2. The van der Waals surface area contributed by atoms with Crippen LogP contribution in [-0.4, -0.2) is 40.1 Å². The largest absolute Gasteiger partial charge is 0.389 e. The summed E-state index contributed by atoms with van der Waals surface area (Å²) >= 11 is 1.50. The molecule has 3 rings (SSSR count). The Morgan fingerprint density at radius 2 is 2.10 bits per heavy atom. The Hall–Kier alpha value is -1.79. The average molecular weight is 306 g/mol. The fourth-order valence-corrected chi connectivity index (χ4v) is 3.04. The van der Waals surface area contributed by atoms with Gasteiger partial charge in [0.1, 0.15) is 5.82 Å². The van der Waals surface area contributed by atoms with Crippen LogP contribution in [0.25, 0.3) is 0 Å². The van der Waals surface area contributed by atoms with Gasteiger partial charge < -0.3 is 10.0 Å². The molecule has 1 fully saturated rings. The zero-order chi connectivity index (χ0) is 14.8. The van der Waals surface area contributed by atoms with Gasteiger partial charge in [-0.3, -0.25) is 4.79 Å². The van der Waals surface area contributed by atoms with Crippen LogP contribution in [0.1, 0.15) is 16.3 Å². The molecule has 0 radical (unpaired) electrons. The monoisotopic (exact) mass is 306 g/mol. The van der Waals surface area contributed by atoms with E-state index in [1.807, 2.05) is 5.38 Å². The molecule has 1 aromatic carbocycles. The third kappa shape index (κ3) is 3.46. The number of halogens is 1. The van der Waals surface area contributed by atoms with Crippen LogP contribution >= 0.6 is 11.3 Å². The van der Waals surface area contributed by atoms with Gasteiger partial charge in [-0.05, 0) is 17.7 Å². The van der Waals surface area contributed by atoms with Crippen LogP contribution in [0, 0.1) is 5.82 Å². The van der Waals surface area contributed by atoms with Gasteiger partial charge in [-0.1, -0.05) is 12.1 Å². The van der Waals surface area contributed by atoms with Crippen LogP contribution < -0.4 is 0 Å². The molecule has 110 valence electrons. The second-order valence-corrected chi connectivity index (χ2v) is 6.11. The summed E-state index contributed by atoms with van der Waals surface area (Å²) in [5.74, 6) is -0.250. The van der Waals surface area contributed by atoms with E-state index in [2.05, 4.69) is 4.98 Å². The van der Waals surface area contributed by atoms with Crippen molar-refractivity contribution in [3.05, 3.63) is 51.7 Å². The van der Waals surface area contributed by atoms with Gasteiger partial charge in [0.05, 0.1) is 23.2 Å². The number of hydrogen-bond donors (Lipinski definition) is 1. The molecule has 0 atom stereocenters. The summed E-state index contributed by atoms with van der Waals surface area (Å²) in [7, 11) is 0. The van der Waals surface area contributed by atoms with E-state index in [1.54, 1.807) is 17.0 Å². The number of β-amino-alcohol motifs (C(OH)–C–C–N with tert-alkyl or cyclic N) is 1. The van der Waals surface area contributed by atoms with Gasteiger partial charge in [0.2, 0.25) is 5.91 Å². The van der Waals surface area contributed by atoms with Crippen molar-refractivity contribution in [3.63, 3.8) is 0 Å². The van der Waals surface area contributed by atoms with Crippen LogP contribution in [0.15, 0.2) is 29.6 Å². The van der Waals surface area contributed by atoms with Crippen LogP contribution in [0.5, 0.6) is 0 Å². The molecule has 1 saturated heterocycles. The minimum absolute atomic E-state index is 0.000989. The third-order valence-electron chi connectivity index (χ3n) is 3.42. The Kier molecular flexibility index (Phi) is 3.98. The quantitative estimate of drug-likeness (QED) is 0.934. The predicted molar refractivity (Wildman–Crippen MR) is 77.6 cm³/mol. The molecular weight excluding hydrogens is 291 g/mol. The van der Waals surface area contributed by atoms with Gasteiger partial charge in [-0.15, -0.1) is 11.3 Å². The van der Waals surface area contributed by atoms with Gasteiger partial charge in [-0.2, -0.15) is 0 Å². The summed E-state index contributed by atoms with van der Waals surface area (Å²) in [5, 5.41) is 12.0. The van der Waals surface area contributed by atoms with Crippen LogP contribution in [-0.2, 0) is 17.6 Å². The first-order valence-corrected chi connectivity index (χ1v) is 7.61. The van der Waals surface area contributed by atoms with Gasteiger partial charge in [0, 0.05) is 24.9 Å². The zero-order valence-corrected chi connectivity index (χ0v) is 12.1. The van der Waals surface area contributed by atoms with Crippen LogP contribution in [0.2, 0.25) is 0 Å². The Labute approximate surface area is 125 Å². The second-order valence-electron chi connectivity index (χ2n) is 5.17. The maximum atomic E-state index is 12.8. The van der Waals surface area contributed by atoms with Gasteiger partial charge in [0.15, 0.2) is 0 Å². The molecule has 1 aliphatic heterocycles. The Balaban J connectivity index is 1.58. The lowest BCUT2D eigenvalue weighted by atomic mass is 10.1. The van der Waals surface area contributed by atoms with Crippen molar-refractivity contribution in [1.29, 1.82) is 0 Å². The molecule has 0 spiro atoms. The predicted octanol–water partition coefficient (Wildman–Crippen LogP) is 1.62. The van der Waals surface area contributed by atoms with Crippen molar-refractivity contribution in [3.8, 4) is 0 Å². The van der Waals surface area contributed by atoms with Crippen molar-refractivity contribution >= 4 is 17.2 Å². The minimum Gasteiger partial charge on any atom is -0.389 e. The van der Waals surface area contributed by atoms with E-state index in [0.717, 1.165) is 16.3 Å². The molecule has 0 aliphatic carbocycles. The molecule has 21 heavy (non-hydrogen) atoms. The minimum atomic E-state index is -0.376. The summed E-state index contributed by atoms with van der Waals surface area (Å²) in [6.45, 7) is 0.844. The molecule has 2 heterocycles. The van der Waals surface area contributed by atoms with Crippen molar-refractivity contribution in [1.82, 2.24) is 9.88 Å². The molecule has 0 bridgehead atoms. The van der Waals surface area contributed by atoms with Gasteiger partial charge >= 0.3 is 0 Å². The van der Waals surface area contributed by atoms with E-state index in [-0.39, 0.29) is 24.2 Å². The first-order chi connectivity index (χ1) is 10.1. The van der Waals surface area contributed by atoms with Crippen molar-refractivity contribution < 1.29 is 14.3 Å². The number of amides is 1. The SMILES string of the molecule is O=C(Cc1csc(Cc2ccc(F)cc2)n1)N1CC(O)C1. The molecule has 0 saturated carbocycles. The molecule has 1 aromatic heterocycles. The molecule has 6 heteroatoms. The number of carbonyl (C=O) groups is 1. The lowest BCUT2D eigenvalue weighted by molar-refractivity contribution is -0.140. The normalized spacial score (nSPS) is 15.0. The van der Waals surface area contributed by atoms with Crippen molar-refractivity contribution in [2.24, 2.45) is 0 Å². The smallest absolute Gasteiger partial charge is 0.228 e. The van der Waals surface area contributed by atoms with E-state index in [4.69, 9.17) is 0 Å². The standard InChI is InChI=1S/C15H15FN2O2S/c16-11-3-1-10(2-4-11)5-14-17-12(9-21-14)6-15(20)18-7-13(19)8-18/h1-4,9,13,19H,5-8H2. The maximum absolute atomic E-state index is 12.8. The summed E-state index contributed by atoms with van der Waals surface area (Å²) < 4.78 is 12.8. The van der Waals surface area contributed by atoms with E-state index < -0.39 is 0 Å². The topological polar surface area (TPSA) is 53.4 Å². The van der Waals surface area contributed by atoms with Crippen molar-refractivity contribution in [2.75, 3.05) is 13.1 Å². The number of thiazole rings is 1. The molecule has 2 aromatic rings. The summed E-state index contributed by atoms with van der Waals surface area (Å²) in [6, 6.07) is 6.34. The van der Waals surface area contributed by atoms with E-state index in [0.29, 0.717) is 19.5 Å². The van der Waals surface area contributed by atoms with Gasteiger partial charge in [-0.25, -0.2) is 9.37 Å². The fourth-order valence-electron chi connectivity index (χ4n) is 2.21. The number of aliphatic hydroxyl groups is 1. The number of rotatable bonds is 4. The third-order valence-corrected chi connectivity index (χ3v) is 4.31. The second kappa shape index (κ2) is 5.91. The molecular formula is C15H15FN2O2S. The van der Waals surface area contributed by atoms with Gasteiger partial charge in [0.25, 0.3) is 0 Å². The number of aliphatic hydroxyl groups excluding tert-OH is 1. The highest BCUT2D eigenvalue weighted by molar-refractivity contribution is 7.09. The first-order valence-electron chi connectivity index (χ1n) is 6.74. The fraction of sp³-hybridized carbons (Fsp3) is 0.333. The molecule has 4 nitrogen and oxygen atoms in total. The first kappa shape index (κ1) is 14.2. The number of likely N-dealkylation sites (tertiary alicyclic amines) is 1. The highest BCUT2D eigenvalue weighted by Crippen LogP contribution is 2.17. The number of carbonyl (C=O) groups excluding carboxylic acids is 1.